The summed E-state index contributed by atoms with van der Waals surface area (Å²) in [5.74, 6) is 3.14. The molecule has 2 unspecified atom stereocenters. The minimum atomic E-state index is -0.155. The minimum Gasteiger partial charge on any atom is -0.484 e. The van der Waals surface area contributed by atoms with E-state index in [4.69, 9.17) is 14.2 Å². The highest BCUT2D eigenvalue weighted by atomic mass is 16.5. The van der Waals surface area contributed by atoms with E-state index >= 15 is 0 Å². The summed E-state index contributed by atoms with van der Waals surface area (Å²) in [6, 6.07) is 7.78. The first-order valence-corrected chi connectivity index (χ1v) is 10.3. The predicted octanol–water partition coefficient (Wildman–Crippen LogP) is 3.54. The number of nitrogens with zero attached hydrogens (tertiary/aromatic N) is 3. The molecule has 1 amide bonds. The first-order chi connectivity index (χ1) is 13.5. The zero-order valence-corrected chi connectivity index (χ0v) is 17.0. The van der Waals surface area contributed by atoms with Crippen molar-refractivity contribution in [3.05, 3.63) is 41.5 Å². The van der Waals surface area contributed by atoms with Crippen molar-refractivity contribution in [1.82, 2.24) is 15.0 Å². The number of fused-ring (bicyclic) bond motifs is 1. The van der Waals surface area contributed by atoms with Crippen LogP contribution in [0.4, 0.5) is 0 Å². The molecule has 2 aliphatic rings. The summed E-state index contributed by atoms with van der Waals surface area (Å²) in [6.07, 6.45) is 4.07. The smallest absolute Gasteiger partial charge is 0.260 e. The summed E-state index contributed by atoms with van der Waals surface area (Å²) >= 11 is 0. The van der Waals surface area contributed by atoms with Crippen LogP contribution in [-0.2, 0) is 16.6 Å². The number of aryl methyl sites for hydroxylation is 1. The molecule has 2 atom stereocenters. The van der Waals surface area contributed by atoms with Crippen molar-refractivity contribution in [2.75, 3.05) is 19.7 Å². The van der Waals surface area contributed by atoms with Gasteiger partial charge in [-0.1, -0.05) is 37.6 Å². The molecule has 4 rings (SSSR count). The molecule has 0 spiro atoms. The first-order valence-electron chi connectivity index (χ1n) is 10.3. The number of likely N-dealkylation sites (tertiary alicyclic amines) is 1. The van der Waals surface area contributed by atoms with Crippen LogP contribution in [0.2, 0.25) is 0 Å². The standard InChI is InChI=1S/C22H29N3O3/c1-15(2)10-19-23-21(24-28-19)22-9-5-7-17(22)12-25(14-22)20(26)13-27-18-8-4-6-16(3)11-18/h4,6,8,11,15,17H,5,7,9-10,12-14H2,1-3H3. The molecule has 6 nitrogen and oxygen atoms in total. The molecule has 1 aromatic carbocycles. The largest absolute Gasteiger partial charge is 0.484 e. The average molecular weight is 383 g/mol. The highest BCUT2D eigenvalue weighted by Gasteiger charge is 2.54. The lowest BCUT2D eigenvalue weighted by Gasteiger charge is -2.24. The van der Waals surface area contributed by atoms with Crippen LogP contribution in [0.15, 0.2) is 28.8 Å². The fourth-order valence-electron chi connectivity index (χ4n) is 4.68. The number of rotatable bonds is 6. The molecule has 2 aromatic rings. The van der Waals surface area contributed by atoms with E-state index in [1.165, 1.54) is 0 Å². The molecule has 28 heavy (non-hydrogen) atoms. The van der Waals surface area contributed by atoms with Crippen molar-refractivity contribution < 1.29 is 14.1 Å². The molecule has 150 valence electrons. The Labute approximate surface area is 166 Å². The van der Waals surface area contributed by atoms with Gasteiger partial charge in [-0.2, -0.15) is 4.98 Å². The van der Waals surface area contributed by atoms with E-state index in [0.29, 0.717) is 24.3 Å². The Kier molecular flexibility index (Phi) is 5.13. The Balaban J connectivity index is 1.44. The lowest BCUT2D eigenvalue weighted by atomic mass is 9.80. The van der Waals surface area contributed by atoms with E-state index in [0.717, 1.165) is 49.4 Å². The van der Waals surface area contributed by atoms with Gasteiger partial charge in [-0.15, -0.1) is 0 Å². The van der Waals surface area contributed by atoms with Crippen LogP contribution in [-0.4, -0.2) is 40.6 Å². The molecule has 1 saturated heterocycles. The number of amides is 1. The third-order valence-corrected chi connectivity index (χ3v) is 6.07. The van der Waals surface area contributed by atoms with E-state index < -0.39 is 0 Å². The molecule has 1 aromatic heterocycles. The van der Waals surface area contributed by atoms with Crippen molar-refractivity contribution in [3.8, 4) is 5.75 Å². The average Bonchev–Trinajstić information content (AvgIpc) is 3.33. The molecular formula is C22H29N3O3. The Morgan fingerprint density at radius 1 is 1.43 bits per heavy atom. The van der Waals surface area contributed by atoms with Crippen LogP contribution in [0.3, 0.4) is 0 Å². The van der Waals surface area contributed by atoms with Gasteiger partial charge in [0.2, 0.25) is 5.89 Å². The SMILES string of the molecule is Cc1cccc(OCC(=O)N2CC3CCCC3(c3noc(CC(C)C)n3)C2)c1. The summed E-state index contributed by atoms with van der Waals surface area (Å²) in [7, 11) is 0. The fraction of sp³-hybridized carbons (Fsp3) is 0.591. The van der Waals surface area contributed by atoms with E-state index in [-0.39, 0.29) is 17.9 Å². The van der Waals surface area contributed by atoms with Crippen molar-refractivity contribution in [1.29, 1.82) is 0 Å². The molecular weight excluding hydrogens is 354 g/mol. The first kappa shape index (κ1) is 19.0. The van der Waals surface area contributed by atoms with Gasteiger partial charge in [-0.05, 0) is 49.3 Å². The molecule has 0 N–H and O–H groups in total. The third-order valence-electron chi connectivity index (χ3n) is 6.07. The fourth-order valence-corrected chi connectivity index (χ4v) is 4.68. The number of benzene rings is 1. The number of aromatic nitrogens is 2. The lowest BCUT2D eigenvalue weighted by Crippen LogP contribution is -2.37. The van der Waals surface area contributed by atoms with Gasteiger partial charge in [-0.25, -0.2) is 0 Å². The molecule has 1 aliphatic carbocycles. The Morgan fingerprint density at radius 2 is 2.29 bits per heavy atom. The molecule has 2 fully saturated rings. The Bertz CT molecular complexity index is 847. The van der Waals surface area contributed by atoms with Crippen LogP contribution in [0.1, 0.15) is 50.4 Å². The maximum Gasteiger partial charge on any atom is 0.260 e. The van der Waals surface area contributed by atoms with Gasteiger partial charge in [0.15, 0.2) is 12.4 Å². The Morgan fingerprint density at radius 3 is 3.07 bits per heavy atom. The minimum absolute atomic E-state index is 0.0289. The monoisotopic (exact) mass is 383 g/mol. The van der Waals surface area contributed by atoms with Crippen LogP contribution in [0, 0.1) is 18.8 Å². The van der Waals surface area contributed by atoms with Crippen molar-refractivity contribution in [3.63, 3.8) is 0 Å². The van der Waals surface area contributed by atoms with Gasteiger partial charge >= 0.3 is 0 Å². The normalized spacial score (nSPS) is 24.0. The van der Waals surface area contributed by atoms with Crippen molar-refractivity contribution >= 4 is 5.91 Å². The maximum absolute atomic E-state index is 12.8. The van der Waals surface area contributed by atoms with E-state index in [9.17, 15) is 4.79 Å². The van der Waals surface area contributed by atoms with Gasteiger partial charge in [0.25, 0.3) is 5.91 Å². The molecule has 0 radical (unpaired) electrons. The van der Waals surface area contributed by atoms with Crippen molar-refractivity contribution in [2.45, 2.75) is 51.9 Å². The molecule has 2 heterocycles. The molecule has 1 aliphatic heterocycles. The van der Waals surface area contributed by atoms with Gasteiger partial charge in [-0.3, -0.25) is 4.79 Å². The lowest BCUT2D eigenvalue weighted by molar-refractivity contribution is -0.132. The van der Waals surface area contributed by atoms with Gasteiger partial charge < -0.3 is 14.2 Å². The van der Waals surface area contributed by atoms with Gasteiger partial charge in [0.05, 0.1) is 5.41 Å². The number of carbonyl (C=O) groups excluding carboxylic acids is 1. The van der Waals surface area contributed by atoms with E-state index in [1.54, 1.807) is 0 Å². The van der Waals surface area contributed by atoms with E-state index in [2.05, 4.69) is 19.0 Å². The summed E-state index contributed by atoms with van der Waals surface area (Å²) in [6.45, 7) is 7.78. The van der Waals surface area contributed by atoms with Gasteiger partial charge in [0.1, 0.15) is 5.75 Å². The van der Waals surface area contributed by atoms with Crippen LogP contribution < -0.4 is 4.74 Å². The second-order valence-corrected chi connectivity index (χ2v) is 8.73. The zero-order valence-electron chi connectivity index (χ0n) is 17.0. The quantitative estimate of drug-likeness (QED) is 0.763. The van der Waals surface area contributed by atoms with E-state index in [1.807, 2.05) is 36.1 Å². The Hall–Kier alpha value is -2.37. The summed E-state index contributed by atoms with van der Waals surface area (Å²) in [5, 5.41) is 4.33. The van der Waals surface area contributed by atoms with Crippen LogP contribution >= 0.6 is 0 Å². The van der Waals surface area contributed by atoms with Gasteiger partial charge in [0, 0.05) is 19.5 Å². The predicted molar refractivity (Wildman–Crippen MR) is 105 cm³/mol. The summed E-state index contributed by atoms with van der Waals surface area (Å²) < 4.78 is 11.2. The van der Waals surface area contributed by atoms with Crippen LogP contribution in [0.25, 0.3) is 0 Å². The second kappa shape index (κ2) is 7.57. The summed E-state index contributed by atoms with van der Waals surface area (Å²) in [5.41, 5.74) is 0.964. The maximum atomic E-state index is 12.8. The molecule has 0 bridgehead atoms. The highest BCUT2D eigenvalue weighted by Crippen LogP contribution is 2.49. The third kappa shape index (κ3) is 3.64. The molecule has 6 heteroatoms. The van der Waals surface area contributed by atoms with Crippen LogP contribution in [0.5, 0.6) is 5.75 Å². The zero-order chi connectivity index (χ0) is 19.7. The number of hydrogen-bond donors (Lipinski definition) is 0. The topological polar surface area (TPSA) is 68.5 Å². The van der Waals surface area contributed by atoms with Crippen molar-refractivity contribution in [2.24, 2.45) is 11.8 Å². The number of hydrogen-bond acceptors (Lipinski definition) is 5. The number of ether oxygens (including phenoxy) is 1. The summed E-state index contributed by atoms with van der Waals surface area (Å²) in [4.78, 5) is 19.4. The number of carbonyl (C=O) groups is 1. The molecule has 1 saturated carbocycles. The highest BCUT2D eigenvalue weighted by molar-refractivity contribution is 5.78. The second-order valence-electron chi connectivity index (χ2n) is 8.73.